The van der Waals surface area contributed by atoms with Gasteiger partial charge in [-0.25, -0.2) is 0 Å². The molecular formula is C10H11Cl2NO. The summed E-state index contributed by atoms with van der Waals surface area (Å²) in [5.74, 6) is 0. The molecule has 0 fully saturated rings. The minimum absolute atomic E-state index is 0.649. The van der Waals surface area contributed by atoms with E-state index < -0.39 is 0 Å². The predicted molar refractivity (Wildman–Crippen MR) is 58.8 cm³/mol. The number of carbonyl (C=O) groups excluding carboxylic acids is 1. The Labute approximate surface area is 93.2 Å². The molecule has 0 bridgehead atoms. The van der Waals surface area contributed by atoms with Crippen molar-refractivity contribution in [3.8, 4) is 0 Å². The van der Waals surface area contributed by atoms with Gasteiger partial charge in [0.1, 0.15) is 0 Å². The van der Waals surface area contributed by atoms with Crippen LogP contribution in [0.4, 0.5) is 0 Å². The zero-order valence-electron chi connectivity index (χ0n) is 7.59. The third kappa shape index (κ3) is 3.99. The van der Waals surface area contributed by atoms with Gasteiger partial charge in [0.15, 0.2) is 0 Å². The molecule has 1 N–H and O–H groups in total. The van der Waals surface area contributed by atoms with Crippen LogP contribution in [-0.2, 0) is 11.2 Å². The standard InChI is InChI=1S/C10H11Cl2NO/c11-9-4-8(5-10(12)6-9)2-1-3-13-7-14/h4-7H,1-3H2,(H,13,14). The summed E-state index contributed by atoms with van der Waals surface area (Å²) in [5.41, 5.74) is 1.09. The first-order valence-corrected chi connectivity index (χ1v) is 5.10. The highest BCUT2D eigenvalue weighted by molar-refractivity contribution is 6.34. The van der Waals surface area contributed by atoms with Crippen LogP contribution in [0.15, 0.2) is 18.2 Å². The van der Waals surface area contributed by atoms with Crippen LogP contribution in [0.1, 0.15) is 12.0 Å². The van der Waals surface area contributed by atoms with Crippen molar-refractivity contribution >= 4 is 29.6 Å². The Bertz CT molecular complexity index is 295. The Morgan fingerprint density at radius 2 is 1.86 bits per heavy atom. The van der Waals surface area contributed by atoms with E-state index in [0.29, 0.717) is 23.0 Å². The maximum atomic E-state index is 9.97. The lowest BCUT2D eigenvalue weighted by Gasteiger charge is -2.02. The fraction of sp³-hybridized carbons (Fsp3) is 0.300. The molecule has 0 saturated heterocycles. The van der Waals surface area contributed by atoms with Crippen LogP contribution in [-0.4, -0.2) is 13.0 Å². The van der Waals surface area contributed by atoms with E-state index in [0.717, 1.165) is 18.4 Å². The first-order valence-electron chi connectivity index (χ1n) is 4.34. The van der Waals surface area contributed by atoms with Crippen LogP contribution >= 0.6 is 23.2 Å². The van der Waals surface area contributed by atoms with Crippen molar-refractivity contribution in [2.45, 2.75) is 12.8 Å². The summed E-state index contributed by atoms with van der Waals surface area (Å²) >= 11 is 11.7. The van der Waals surface area contributed by atoms with Gasteiger partial charge in [-0.1, -0.05) is 23.2 Å². The van der Waals surface area contributed by atoms with Crippen molar-refractivity contribution in [1.29, 1.82) is 0 Å². The van der Waals surface area contributed by atoms with Crippen molar-refractivity contribution in [3.63, 3.8) is 0 Å². The number of rotatable bonds is 5. The third-order valence-electron chi connectivity index (χ3n) is 1.79. The Morgan fingerprint density at radius 1 is 1.21 bits per heavy atom. The van der Waals surface area contributed by atoms with E-state index in [9.17, 15) is 4.79 Å². The largest absolute Gasteiger partial charge is 0.359 e. The minimum Gasteiger partial charge on any atom is -0.359 e. The van der Waals surface area contributed by atoms with Crippen LogP contribution in [0.5, 0.6) is 0 Å². The van der Waals surface area contributed by atoms with E-state index in [1.165, 1.54) is 0 Å². The summed E-state index contributed by atoms with van der Waals surface area (Å²) in [5, 5.41) is 3.90. The maximum Gasteiger partial charge on any atom is 0.207 e. The fourth-order valence-corrected chi connectivity index (χ4v) is 1.78. The Balaban J connectivity index is 2.46. The number of hydrogen-bond acceptors (Lipinski definition) is 1. The van der Waals surface area contributed by atoms with Crippen molar-refractivity contribution in [3.05, 3.63) is 33.8 Å². The molecule has 76 valence electrons. The van der Waals surface area contributed by atoms with Gasteiger partial charge in [0.25, 0.3) is 0 Å². The number of benzene rings is 1. The molecule has 0 radical (unpaired) electrons. The van der Waals surface area contributed by atoms with E-state index in [1.807, 2.05) is 12.1 Å². The highest BCUT2D eigenvalue weighted by Crippen LogP contribution is 2.19. The number of hydrogen-bond donors (Lipinski definition) is 1. The van der Waals surface area contributed by atoms with Gasteiger partial charge in [0.05, 0.1) is 0 Å². The monoisotopic (exact) mass is 231 g/mol. The molecule has 0 aliphatic rings. The summed E-state index contributed by atoms with van der Waals surface area (Å²) in [6, 6.07) is 5.47. The van der Waals surface area contributed by atoms with Gasteiger partial charge in [-0.2, -0.15) is 0 Å². The SMILES string of the molecule is O=CNCCCc1cc(Cl)cc(Cl)c1. The molecule has 0 unspecified atom stereocenters. The summed E-state index contributed by atoms with van der Waals surface area (Å²) in [7, 11) is 0. The normalized spacial score (nSPS) is 9.86. The highest BCUT2D eigenvalue weighted by atomic mass is 35.5. The number of aryl methyl sites for hydroxylation is 1. The van der Waals surface area contributed by atoms with E-state index in [2.05, 4.69) is 5.32 Å². The number of amides is 1. The molecule has 4 heteroatoms. The van der Waals surface area contributed by atoms with Crippen molar-refractivity contribution in [2.24, 2.45) is 0 Å². The molecule has 0 atom stereocenters. The van der Waals surface area contributed by atoms with Gasteiger partial charge < -0.3 is 5.32 Å². The summed E-state index contributed by atoms with van der Waals surface area (Å²) in [6.45, 7) is 0.674. The minimum atomic E-state index is 0.649. The molecule has 1 amide bonds. The lowest BCUT2D eigenvalue weighted by Crippen LogP contribution is -2.12. The number of nitrogens with one attached hydrogen (secondary N) is 1. The average molecular weight is 232 g/mol. The van der Waals surface area contributed by atoms with E-state index >= 15 is 0 Å². The second-order valence-corrected chi connectivity index (χ2v) is 3.83. The molecule has 1 rings (SSSR count). The van der Waals surface area contributed by atoms with Gasteiger partial charge in [-0.15, -0.1) is 0 Å². The second kappa shape index (κ2) is 5.89. The molecule has 0 aliphatic carbocycles. The van der Waals surface area contributed by atoms with Gasteiger partial charge >= 0.3 is 0 Å². The molecule has 1 aromatic carbocycles. The van der Waals surface area contributed by atoms with Crippen LogP contribution in [0.3, 0.4) is 0 Å². The topological polar surface area (TPSA) is 29.1 Å². The summed E-state index contributed by atoms with van der Waals surface area (Å²) < 4.78 is 0. The van der Waals surface area contributed by atoms with Crippen molar-refractivity contribution < 1.29 is 4.79 Å². The lowest BCUT2D eigenvalue weighted by molar-refractivity contribution is -0.109. The van der Waals surface area contributed by atoms with E-state index in [4.69, 9.17) is 23.2 Å². The molecular weight excluding hydrogens is 221 g/mol. The highest BCUT2D eigenvalue weighted by Gasteiger charge is 1.97. The van der Waals surface area contributed by atoms with Gasteiger partial charge in [-0.3, -0.25) is 4.79 Å². The molecule has 0 aliphatic heterocycles. The molecule has 0 saturated carbocycles. The van der Waals surface area contributed by atoms with E-state index in [-0.39, 0.29) is 0 Å². The predicted octanol–water partition coefficient (Wildman–Crippen LogP) is 2.67. The Kier molecular flexibility index (Phi) is 4.77. The van der Waals surface area contributed by atoms with Crippen LogP contribution < -0.4 is 5.32 Å². The summed E-state index contributed by atoms with van der Waals surface area (Å²) in [4.78, 5) is 9.97. The van der Waals surface area contributed by atoms with Crippen molar-refractivity contribution in [1.82, 2.24) is 5.32 Å². The molecule has 2 nitrogen and oxygen atoms in total. The van der Waals surface area contributed by atoms with Gasteiger partial charge in [0, 0.05) is 16.6 Å². The quantitative estimate of drug-likeness (QED) is 0.613. The van der Waals surface area contributed by atoms with Crippen LogP contribution in [0, 0.1) is 0 Å². The second-order valence-electron chi connectivity index (χ2n) is 2.95. The molecule has 14 heavy (non-hydrogen) atoms. The van der Waals surface area contributed by atoms with Gasteiger partial charge in [-0.05, 0) is 36.6 Å². The smallest absolute Gasteiger partial charge is 0.207 e. The zero-order valence-corrected chi connectivity index (χ0v) is 9.11. The molecule has 0 spiro atoms. The first kappa shape index (κ1) is 11.3. The number of carbonyl (C=O) groups is 1. The average Bonchev–Trinajstić information content (AvgIpc) is 2.11. The molecule has 0 heterocycles. The Hall–Kier alpha value is -0.730. The fourth-order valence-electron chi connectivity index (χ4n) is 1.21. The number of halogens is 2. The lowest BCUT2D eigenvalue weighted by atomic mass is 10.1. The van der Waals surface area contributed by atoms with Crippen molar-refractivity contribution in [2.75, 3.05) is 6.54 Å². The molecule has 1 aromatic rings. The Morgan fingerprint density at radius 3 is 2.43 bits per heavy atom. The maximum absolute atomic E-state index is 9.97. The molecule has 0 aromatic heterocycles. The third-order valence-corrected chi connectivity index (χ3v) is 2.23. The van der Waals surface area contributed by atoms with E-state index in [1.54, 1.807) is 6.07 Å². The van der Waals surface area contributed by atoms with Crippen LogP contribution in [0.25, 0.3) is 0 Å². The zero-order chi connectivity index (χ0) is 10.4. The van der Waals surface area contributed by atoms with Crippen LogP contribution in [0.2, 0.25) is 10.0 Å². The first-order chi connectivity index (χ1) is 6.72. The summed E-state index contributed by atoms with van der Waals surface area (Å²) in [6.07, 6.45) is 2.45. The van der Waals surface area contributed by atoms with Gasteiger partial charge in [0.2, 0.25) is 6.41 Å².